The maximum Gasteiger partial charge on any atom is 0.173 e. The summed E-state index contributed by atoms with van der Waals surface area (Å²) in [6.07, 6.45) is 0. The van der Waals surface area contributed by atoms with Crippen LogP contribution in [0.5, 0.6) is 0 Å². The average Bonchev–Trinajstić information content (AvgIpc) is 2.39. The number of halogens is 2. The Kier molecular flexibility index (Phi) is 4.32. The van der Waals surface area contributed by atoms with Gasteiger partial charge in [-0.25, -0.2) is 8.78 Å². The topological polar surface area (TPSA) is 17.1 Å². The molecule has 98 valence electrons. The molecular weight excluding hydrogens is 266 g/mol. The maximum atomic E-state index is 13.1. The SMILES string of the molecule is Cc1cc(C(=O)CSc2cccc(F)c2)ccc1F. The highest BCUT2D eigenvalue weighted by atomic mass is 32.2. The highest BCUT2D eigenvalue weighted by Crippen LogP contribution is 2.20. The van der Waals surface area contributed by atoms with Crippen molar-refractivity contribution in [1.29, 1.82) is 0 Å². The van der Waals surface area contributed by atoms with Gasteiger partial charge in [-0.15, -0.1) is 11.8 Å². The smallest absolute Gasteiger partial charge is 0.173 e. The molecule has 4 heteroatoms. The van der Waals surface area contributed by atoms with Gasteiger partial charge in [0.15, 0.2) is 5.78 Å². The van der Waals surface area contributed by atoms with Gasteiger partial charge in [0.25, 0.3) is 0 Å². The van der Waals surface area contributed by atoms with Crippen LogP contribution in [-0.4, -0.2) is 11.5 Å². The predicted molar refractivity (Wildman–Crippen MR) is 72.6 cm³/mol. The molecule has 19 heavy (non-hydrogen) atoms. The van der Waals surface area contributed by atoms with Crippen LogP contribution in [0.25, 0.3) is 0 Å². The molecule has 0 aromatic heterocycles. The molecule has 0 atom stereocenters. The minimum absolute atomic E-state index is 0.0997. The van der Waals surface area contributed by atoms with Gasteiger partial charge in [-0.05, 0) is 48.9 Å². The Hall–Kier alpha value is -1.68. The Labute approximate surface area is 114 Å². The Morgan fingerprint density at radius 3 is 2.63 bits per heavy atom. The number of aryl methyl sites for hydroxylation is 1. The van der Waals surface area contributed by atoms with Crippen molar-refractivity contribution in [2.75, 3.05) is 5.75 Å². The van der Waals surface area contributed by atoms with Crippen molar-refractivity contribution in [2.45, 2.75) is 11.8 Å². The van der Waals surface area contributed by atoms with Crippen LogP contribution in [0.1, 0.15) is 15.9 Å². The summed E-state index contributed by atoms with van der Waals surface area (Å²) in [4.78, 5) is 12.6. The lowest BCUT2D eigenvalue weighted by molar-refractivity contribution is 0.102. The quantitative estimate of drug-likeness (QED) is 0.614. The fourth-order valence-electron chi connectivity index (χ4n) is 1.61. The number of rotatable bonds is 4. The molecule has 0 aliphatic carbocycles. The van der Waals surface area contributed by atoms with Crippen LogP contribution >= 0.6 is 11.8 Å². The van der Waals surface area contributed by atoms with E-state index in [9.17, 15) is 13.6 Å². The average molecular weight is 278 g/mol. The van der Waals surface area contributed by atoms with E-state index in [2.05, 4.69) is 0 Å². The van der Waals surface area contributed by atoms with Gasteiger partial charge in [0.1, 0.15) is 11.6 Å². The third-order valence-electron chi connectivity index (χ3n) is 2.65. The first-order chi connectivity index (χ1) is 9.06. The Morgan fingerprint density at radius 2 is 1.95 bits per heavy atom. The van der Waals surface area contributed by atoms with E-state index < -0.39 is 0 Å². The predicted octanol–water partition coefficient (Wildman–Crippen LogP) is 4.25. The number of thioether (sulfide) groups is 1. The fourth-order valence-corrected chi connectivity index (χ4v) is 2.44. The van der Waals surface area contributed by atoms with E-state index in [4.69, 9.17) is 0 Å². The lowest BCUT2D eigenvalue weighted by Gasteiger charge is -2.03. The first-order valence-corrected chi connectivity index (χ1v) is 6.72. The van der Waals surface area contributed by atoms with Crippen molar-refractivity contribution in [2.24, 2.45) is 0 Å². The number of ketones is 1. The van der Waals surface area contributed by atoms with E-state index in [1.54, 1.807) is 19.1 Å². The molecule has 2 rings (SSSR count). The molecule has 0 radical (unpaired) electrons. The summed E-state index contributed by atoms with van der Waals surface area (Å²) < 4.78 is 26.1. The molecule has 0 aliphatic rings. The molecular formula is C15H12F2OS. The molecule has 2 aromatic carbocycles. The minimum atomic E-state index is -0.325. The zero-order chi connectivity index (χ0) is 13.8. The van der Waals surface area contributed by atoms with Crippen molar-refractivity contribution >= 4 is 17.5 Å². The number of Topliss-reactive ketones (excluding diaryl/α,β-unsaturated/α-hetero) is 1. The van der Waals surface area contributed by atoms with Gasteiger partial charge in [-0.3, -0.25) is 4.79 Å². The van der Waals surface area contributed by atoms with Crippen molar-refractivity contribution in [3.8, 4) is 0 Å². The summed E-state index contributed by atoms with van der Waals surface area (Å²) in [6, 6.07) is 10.4. The van der Waals surface area contributed by atoms with E-state index in [0.717, 1.165) is 0 Å². The van der Waals surface area contributed by atoms with E-state index in [1.807, 2.05) is 0 Å². The van der Waals surface area contributed by atoms with Crippen LogP contribution in [0.3, 0.4) is 0 Å². The first-order valence-electron chi connectivity index (χ1n) is 5.74. The largest absolute Gasteiger partial charge is 0.293 e. The minimum Gasteiger partial charge on any atom is -0.293 e. The van der Waals surface area contributed by atoms with Crippen LogP contribution in [0.4, 0.5) is 8.78 Å². The van der Waals surface area contributed by atoms with Gasteiger partial charge in [0.05, 0.1) is 5.75 Å². The van der Waals surface area contributed by atoms with Gasteiger partial charge < -0.3 is 0 Å². The molecule has 0 unspecified atom stereocenters. The molecule has 0 amide bonds. The molecule has 1 nitrogen and oxygen atoms in total. The van der Waals surface area contributed by atoms with E-state index >= 15 is 0 Å². The number of hydrogen-bond acceptors (Lipinski definition) is 2. The van der Waals surface area contributed by atoms with Gasteiger partial charge in [0.2, 0.25) is 0 Å². The molecule has 0 saturated carbocycles. The van der Waals surface area contributed by atoms with Crippen molar-refractivity contribution in [1.82, 2.24) is 0 Å². The summed E-state index contributed by atoms with van der Waals surface area (Å²) >= 11 is 1.26. The van der Waals surface area contributed by atoms with Crippen molar-refractivity contribution in [3.63, 3.8) is 0 Å². The lowest BCUT2D eigenvalue weighted by Crippen LogP contribution is -2.03. The zero-order valence-electron chi connectivity index (χ0n) is 10.3. The summed E-state index contributed by atoms with van der Waals surface area (Å²) in [5.41, 5.74) is 0.921. The second-order valence-corrected chi connectivity index (χ2v) is 5.18. The van der Waals surface area contributed by atoms with Gasteiger partial charge in [-0.2, -0.15) is 0 Å². The standard InChI is InChI=1S/C15H12F2OS/c1-10-7-11(5-6-14(10)17)15(18)9-19-13-4-2-3-12(16)8-13/h2-8H,9H2,1H3. The van der Waals surface area contributed by atoms with E-state index in [0.29, 0.717) is 16.0 Å². The van der Waals surface area contributed by atoms with Gasteiger partial charge >= 0.3 is 0 Å². The van der Waals surface area contributed by atoms with E-state index in [1.165, 1.54) is 42.1 Å². The third-order valence-corrected chi connectivity index (χ3v) is 3.64. The van der Waals surface area contributed by atoms with Crippen molar-refractivity contribution in [3.05, 3.63) is 65.2 Å². The molecule has 0 saturated heterocycles. The van der Waals surface area contributed by atoms with Crippen LogP contribution in [0.15, 0.2) is 47.4 Å². The molecule has 0 N–H and O–H groups in total. The molecule has 0 aliphatic heterocycles. The second kappa shape index (κ2) is 5.97. The summed E-state index contributed by atoms with van der Waals surface area (Å²) in [7, 11) is 0. The summed E-state index contributed by atoms with van der Waals surface area (Å²) in [5, 5.41) is 0. The second-order valence-electron chi connectivity index (χ2n) is 4.13. The first kappa shape index (κ1) is 13.7. The summed E-state index contributed by atoms with van der Waals surface area (Å²) in [6.45, 7) is 1.62. The monoisotopic (exact) mass is 278 g/mol. The number of hydrogen-bond donors (Lipinski definition) is 0. The molecule has 0 bridgehead atoms. The van der Waals surface area contributed by atoms with Crippen LogP contribution in [0, 0.1) is 18.6 Å². The summed E-state index contributed by atoms with van der Waals surface area (Å²) in [5.74, 6) is -0.545. The maximum absolute atomic E-state index is 13.1. The van der Waals surface area contributed by atoms with Crippen LogP contribution < -0.4 is 0 Å². The molecule has 0 heterocycles. The third kappa shape index (κ3) is 3.64. The Morgan fingerprint density at radius 1 is 1.16 bits per heavy atom. The van der Waals surface area contributed by atoms with Gasteiger partial charge in [0, 0.05) is 10.5 Å². The van der Waals surface area contributed by atoms with Gasteiger partial charge in [-0.1, -0.05) is 6.07 Å². The number of carbonyl (C=O) groups is 1. The fraction of sp³-hybridized carbons (Fsp3) is 0.133. The van der Waals surface area contributed by atoms with E-state index in [-0.39, 0.29) is 23.2 Å². The highest BCUT2D eigenvalue weighted by Gasteiger charge is 2.09. The van der Waals surface area contributed by atoms with Crippen LogP contribution in [0.2, 0.25) is 0 Å². The Balaban J connectivity index is 2.03. The zero-order valence-corrected chi connectivity index (χ0v) is 11.1. The lowest BCUT2D eigenvalue weighted by atomic mass is 10.1. The highest BCUT2D eigenvalue weighted by molar-refractivity contribution is 8.00. The normalized spacial score (nSPS) is 10.5. The van der Waals surface area contributed by atoms with Crippen LogP contribution in [-0.2, 0) is 0 Å². The number of carbonyl (C=O) groups excluding carboxylic acids is 1. The number of benzene rings is 2. The van der Waals surface area contributed by atoms with Crippen molar-refractivity contribution < 1.29 is 13.6 Å². The Bertz CT molecular complexity index is 611. The molecule has 0 spiro atoms. The molecule has 2 aromatic rings. The molecule has 0 fully saturated rings.